The summed E-state index contributed by atoms with van der Waals surface area (Å²) in [6.07, 6.45) is -0.878. The van der Waals surface area contributed by atoms with Crippen LogP contribution in [0.4, 0.5) is 0 Å². The second-order valence-electron chi connectivity index (χ2n) is 13.2. The van der Waals surface area contributed by atoms with Gasteiger partial charge in [-0.2, -0.15) is 0 Å². The largest absolute Gasteiger partial charge is 0.374 e. The third-order valence-electron chi connectivity index (χ3n) is 8.08. The molecule has 49 heavy (non-hydrogen) atoms. The molecule has 256 valence electrons. The number of rotatable bonds is 16. The summed E-state index contributed by atoms with van der Waals surface area (Å²) in [5.74, 6) is 1.83. The van der Waals surface area contributed by atoms with Gasteiger partial charge >= 0.3 is 0 Å². The van der Waals surface area contributed by atoms with Crippen molar-refractivity contribution in [1.82, 2.24) is 0 Å². The lowest BCUT2D eigenvalue weighted by molar-refractivity contribution is -0.361. The SMILES string of the molecule is C=C[C@]1(OCC#C[Si](C)(C)C)O[C@H](COCc2ccccc2)[C@@H](OCc2ccccc2)[C@H](OCc2ccccc2)[C@H]1OCc1ccccc1. The van der Waals surface area contributed by atoms with Crippen LogP contribution in [0.5, 0.6) is 0 Å². The van der Waals surface area contributed by atoms with Gasteiger partial charge in [-0.05, 0) is 28.3 Å². The molecule has 5 rings (SSSR count). The van der Waals surface area contributed by atoms with Crippen molar-refractivity contribution in [3.63, 3.8) is 0 Å². The third-order valence-corrected chi connectivity index (χ3v) is 9.00. The van der Waals surface area contributed by atoms with Gasteiger partial charge in [-0.15, -0.1) is 5.54 Å². The van der Waals surface area contributed by atoms with Crippen LogP contribution in [0, 0.1) is 11.5 Å². The molecule has 1 heterocycles. The van der Waals surface area contributed by atoms with Gasteiger partial charge in [-0.25, -0.2) is 0 Å². The molecular formula is C42H48O6Si. The predicted molar refractivity (Wildman–Crippen MR) is 196 cm³/mol. The molecule has 0 radical (unpaired) electrons. The summed E-state index contributed by atoms with van der Waals surface area (Å²) in [6, 6.07) is 40.3. The Morgan fingerprint density at radius 3 is 1.57 bits per heavy atom. The first-order valence-electron chi connectivity index (χ1n) is 16.9. The zero-order chi connectivity index (χ0) is 34.4. The Labute approximate surface area is 293 Å². The maximum atomic E-state index is 6.93. The van der Waals surface area contributed by atoms with E-state index in [1.165, 1.54) is 0 Å². The van der Waals surface area contributed by atoms with Crippen molar-refractivity contribution < 1.29 is 28.4 Å². The molecule has 1 fully saturated rings. The molecule has 4 aromatic carbocycles. The lowest BCUT2D eigenvalue weighted by Gasteiger charge is -2.51. The molecule has 1 aliphatic heterocycles. The highest BCUT2D eigenvalue weighted by Crippen LogP contribution is 2.39. The number of hydrogen-bond donors (Lipinski definition) is 0. The first-order valence-corrected chi connectivity index (χ1v) is 20.4. The van der Waals surface area contributed by atoms with Crippen LogP contribution in [-0.4, -0.2) is 51.5 Å². The third kappa shape index (κ3) is 11.1. The summed E-state index contributed by atoms with van der Waals surface area (Å²) in [5.41, 5.74) is 7.53. The normalized spacial score (nSPS) is 22.2. The minimum absolute atomic E-state index is 0.139. The average Bonchev–Trinajstić information content (AvgIpc) is 3.13. The van der Waals surface area contributed by atoms with Crippen molar-refractivity contribution in [3.8, 4) is 11.5 Å². The van der Waals surface area contributed by atoms with Gasteiger partial charge in [0.25, 0.3) is 0 Å². The quantitative estimate of drug-likeness (QED) is 0.0679. The fraction of sp³-hybridized carbons (Fsp3) is 0.333. The molecule has 6 nitrogen and oxygen atoms in total. The molecule has 0 spiro atoms. The maximum Gasteiger partial charge on any atom is 0.218 e. The van der Waals surface area contributed by atoms with Crippen LogP contribution in [0.15, 0.2) is 134 Å². The van der Waals surface area contributed by atoms with E-state index in [1.807, 2.05) is 121 Å². The van der Waals surface area contributed by atoms with Crippen molar-refractivity contribution in [2.45, 2.75) is 76.3 Å². The maximum absolute atomic E-state index is 6.93. The predicted octanol–water partition coefficient (Wildman–Crippen LogP) is 8.14. The van der Waals surface area contributed by atoms with Crippen molar-refractivity contribution in [2.24, 2.45) is 0 Å². The molecule has 5 atom stereocenters. The lowest BCUT2D eigenvalue weighted by Crippen LogP contribution is -2.67. The van der Waals surface area contributed by atoms with Gasteiger partial charge in [0.2, 0.25) is 5.79 Å². The van der Waals surface area contributed by atoms with Crippen LogP contribution < -0.4 is 0 Å². The molecule has 0 N–H and O–H groups in total. The Bertz CT molecular complexity index is 1600. The van der Waals surface area contributed by atoms with Crippen LogP contribution in [0.1, 0.15) is 22.3 Å². The Morgan fingerprint density at radius 2 is 1.10 bits per heavy atom. The Morgan fingerprint density at radius 1 is 0.653 bits per heavy atom. The van der Waals surface area contributed by atoms with Crippen LogP contribution >= 0.6 is 0 Å². The highest BCUT2D eigenvalue weighted by atomic mass is 28.3. The molecule has 1 saturated heterocycles. The van der Waals surface area contributed by atoms with Crippen LogP contribution in [-0.2, 0) is 54.8 Å². The zero-order valence-corrected chi connectivity index (χ0v) is 29.8. The van der Waals surface area contributed by atoms with Crippen LogP contribution in [0.25, 0.3) is 0 Å². The second-order valence-corrected chi connectivity index (χ2v) is 17.9. The van der Waals surface area contributed by atoms with Crippen molar-refractivity contribution >= 4 is 8.07 Å². The van der Waals surface area contributed by atoms with E-state index in [9.17, 15) is 0 Å². The monoisotopic (exact) mass is 676 g/mol. The van der Waals surface area contributed by atoms with E-state index in [-0.39, 0.29) is 13.2 Å². The standard InChI is InChI=1S/C42H48O6Si/c1-5-42(47-27-18-28-49(2,3)4)41(46-32-37-25-16-9-17-26-37)40(45-31-36-23-14-8-15-24-36)39(44-30-35-21-12-7-13-22-35)38(48-42)33-43-29-34-19-10-6-11-20-34/h5-17,19-26,38-41H,1,27,29-33H2,2-4H3/t38-,39-,40+,41-,42+/m1/s1. The van der Waals surface area contributed by atoms with Crippen molar-refractivity contribution in [3.05, 3.63) is 156 Å². The van der Waals surface area contributed by atoms with E-state index in [2.05, 4.69) is 37.7 Å². The minimum Gasteiger partial charge on any atom is -0.374 e. The van der Waals surface area contributed by atoms with E-state index in [4.69, 9.17) is 28.4 Å². The molecule has 0 unspecified atom stereocenters. The van der Waals surface area contributed by atoms with Crippen molar-refractivity contribution in [1.29, 1.82) is 0 Å². The zero-order valence-electron chi connectivity index (χ0n) is 28.8. The summed E-state index contributed by atoms with van der Waals surface area (Å²) in [7, 11) is -1.64. The van der Waals surface area contributed by atoms with Gasteiger partial charge in [0.1, 0.15) is 39.1 Å². The minimum atomic E-state index is -1.64. The molecular weight excluding hydrogens is 629 g/mol. The Balaban J connectivity index is 1.51. The van der Waals surface area contributed by atoms with Gasteiger partial charge in [0.05, 0.1) is 33.0 Å². The van der Waals surface area contributed by atoms with Crippen LogP contribution in [0.3, 0.4) is 0 Å². The Kier molecular flexibility index (Phi) is 13.6. The summed E-state index contributed by atoms with van der Waals surface area (Å²) < 4.78 is 40.2. The molecule has 7 heteroatoms. The fourth-order valence-corrected chi connectivity index (χ4v) is 6.26. The van der Waals surface area contributed by atoms with Crippen molar-refractivity contribution in [2.75, 3.05) is 13.2 Å². The van der Waals surface area contributed by atoms with Gasteiger partial charge in [0.15, 0.2) is 0 Å². The fourth-order valence-electron chi connectivity index (χ4n) is 5.66. The van der Waals surface area contributed by atoms with E-state index in [0.717, 1.165) is 22.3 Å². The Hall–Kier alpha value is -3.84. The van der Waals surface area contributed by atoms with Crippen LogP contribution in [0.2, 0.25) is 19.6 Å². The second kappa shape index (κ2) is 18.2. The topological polar surface area (TPSA) is 55.4 Å². The molecule has 1 aliphatic rings. The highest BCUT2D eigenvalue weighted by Gasteiger charge is 2.56. The van der Waals surface area contributed by atoms with Gasteiger partial charge in [-0.3, -0.25) is 0 Å². The summed E-state index contributed by atoms with van der Waals surface area (Å²) in [4.78, 5) is 0. The lowest BCUT2D eigenvalue weighted by atomic mass is 9.91. The highest BCUT2D eigenvalue weighted by molar-refractivity contribution is 6.83. The first-order chi connectivity index (χ1) is 23.9. The van der Waals surface area contributed by atoms with E-state index in [0.29, 0.717) is 26.4 Å². The van der Waals surface area contributed by atoms with E-state index >= 15 is 0 Å². The van der Waals surface area contributed by atoms with Gasteiger partial charge in [-0.1, -0.05) is 153 Å². The first kappa shape index (κ1) is 36.4. The average molecular weight is 677 g/mol. The molecule has 0 aliphatic carbocycles. The molecule has 0 amide bonds. The number of ether oxygens (including phenoxy) is 6. The molecule has 0 bridgehead atoms. The summed E-state index contributed by atoms with van der Waals surface area (Å²) in [5, 5.41) is 0. The number of benzene rings is 4. The van der Waals surface area contributed by atoms with E-state index in [1.54, 1.807) is 6.08 Å². The molecule has 0 saturated carbocycles. The summed E-state index contributed by atoms with van der Waals surface area (Å²) >= 11 is 0. The molecule has 0 aromatic heterocycles. The van der Waals surface area contributed by atoms with Gasteiger partial charge in [0, 0.05) is 0 Å². The molecule has 4 aromatic rings. The van der Waals surface area contributed by atoms with E-state index < -0.39 is 38.3 Å². The van der Waals surface area contributed by atoms with Gasteiger partial charge < -0.3 is 28.4 Å². The smallest absolute Gasteiger partial charge is 0.218 e. The number of hydrogen-bond acceptors (Lipinski definition) is 6. The summed E-state index contributed by atoms with van der Waals surface area (Å²) in [6.45, 7) is 12.6.